The van der Waals surface area contributed by atoms with Gasteiger partial charge in [-0.2, -0.15) is 5.10 Å². The minimum Gasteiger partial charge on any atom is -0.347 e. The zero-order valence-electron chi connectivity index (χ0n) is 14.3. The fourth-order valence-corrected chi connectivity index (χ4v) is 4.18. The van der Waals surface area contributed by atoms with E-state index in [1.165, 1.54) is 4.90 Å². The van der Waals surface area contributed by atoms with Crippen molar-refractivity contribution in [3.05, 3.63) is 47.8 Å². The van der Waals surface area contributed by atoms with Crippen LogP contribution in [-0.4, -0.2) is 43.1 Å². The molecule has 0 bridgehead atoms. The molecule has 8 heteroatoms. The molecular formula is C17H22N4O3S. The fraction of sp³-hybridized carbons (Fsp3) is 0.412. The van der Waals surface area contributed by atoms with Crippen LogP contribution in [0.15, 0.2) is 41.4 Å². The summed E-state index contributed by atoms with van der Waals surface area (Å²) in [4.78, 5) is 13.6. The molecule has 1 unspecified atom stereocenters. The molecule has 1 heterocycles. The number of aromatic nitrogens is 2. The van der Waals surface area contributed by atoms with Crippen LogP contribution in [0.3, 0.4) is 0 Å². The number of hydrogen-bond donors (Lipinski definition) is 1. The van der Waals surface area contributed by atoms with Crippen molar-refractivity contribution in [1.29, 1.82) is 0 Å². The van der Waals surface area contributed by atoms with Gasteiger partial charge in [0.05, 0.1) is 16.6 Å². The normalized spacial score (nSPS) is 17.1. The highest BCUT2D eigenvalue weighted by molar-refractivity contribution is 7.89. The van der Waals surface area contributed by atoms with Crippen LogP contribution >= 0.6 is 0 Å². The van der Waals surface area contributed by atoms with E-state index in [4.69, 9.17) is 0 Å². The van der Waals surface area contributed by atoms with Crippen LogP contribution in [0, 0.1) is 0 Å². The van der Waals surface area contributed by atoms with Crippen molar-refractivity contribution in [3.8, 4) is 0 Å². The number of fused-ring (bicyclic) bond motifs is 1. The molecule has 3 rings (SSSR count). The molecule has 1 amide bonds. The number of sulfonamides is 1. The highest BCUT2D eigenvalue weighted by atomic mass is 32.2. The molecule has 0 saturated heterocycles. The van der Waals surface area contributed by atoms with Gasteiger partial charge in [-0.05, 0) is 37.0 Å². The first kappa shape index (κ1) is 17.6. The standard InChI is InChI=1S/C17H22N4O3S/c1-20(2)16(22)12-21-11-13-7-6-10-15(17(13)18-21)19-25(23,24)14-8-4-3-5-9-14/h3-5,8-9,11,15,19H,6-7,10,12H2,1-2H3. The minimum absolute atomic E-state index is 0.0544. The number of benzene rings is 1. The minimum atomic E-state index is -3.60. The summed E-state index contributed by atoms with van der Waals surface area (Å²) in [6.45, 7) is 0.151. The number of rotatable bonds is 5. The van der Waals surface area contributed by atoms with E-state index in [2.05, 4.69) is 9.82 Å². The Morgan fingerprint density at radius 1 is 1.32 bits per heavy atom. The Morgan fingerprint density at radius 2 is 2.04 bits per heavy atom. The van der Waals surface area contributed by atoms with Crippen LogP contribution in [-0.2, 0) is 27.8 Å². The Bertz CT molecular complexity index is 859. The van der Waals surface area contributed by atoms with Gasteiger partial charge in [0, 0.05) is 20.3 Å². The summed E-state index contributed by atoms with van der Waals surface area (Å²) in [6, 6.07) is 7.94. The molecule has 0 aliphatic heterocycles. The van der Waals surface area contributed by atoms with Crippen molar-refractivity contribution in [3.63, 3.8) is 0 Å². The first-order valence-electron chi connectivity index (χ1n) is 8.20. The summed E-state index contributed by atoms with van der Waals surface area (Å²) in [5, 5.41) is 4.47. The van der Waals surface area contributed by atoms with Crippen molar-refractivity contribution in [2.24, 2.45) is 0 Å². The first-order chi connectivity index (χ1) is 11.9. The number of likely N-dealkylation sites (N-methyl/N-ethyl adjacent to an activating group) is 1. The molecule has 0 fully saturated rings. The number of carbonyl (C=O) groups excluding carboxylic acids is 1. The lowest BCUT2D eigenvalue weighted by molar-refractivity contribution is -0.129. The number of nitrogens with zero attached hydrogens (tertiary/aromatic N) is 3. The Balaban J connectivity index is 1.82. The van der Waals surface area contributed by atoms with E-state index in [0.29, 0.717) is 6.42 Å². The molecule has 134 valence electrons. The van der Waals surface area contributed by atoms with Gasteiger partial charge in [0.25, 0.3) is 0 Å². The zero-order valence-corrected chi connectivity index (χ0v) is 15.2. The van der Waals surface area contributed by atoms with Crippen LogP contribution in [0.5, 0.6) is 0 Å². The topological polar surface area (TPSA) is 84.3 Å². The predicted molar refractivity (Wildman–Crippen MR) is 93.4 cm³/mol. The third kappa shape index (κ3) is 3.91. The van der Waals surface area contributed by atoms with Gasteiger partial charge in [0.2, 0.25) is 15.9 Å². The van der Waals surface area contributed by atoms with Crippen LogP contribution < -0.4 is 4.72 Å². The number of hydrogen-bond acceptors (Lipinski definition) is 4. The number of carbonyl (C=O) groups is 1. The quantitative estimate of drug-likeness (QED) is 0.870. The second kappa shape index (κ2) is 6.97. The average Bonchev–Trinajstić information content (AvgIpc) is 2.99. The van der Waals surface area contributed by atoms with Gasteiger partial charge in [-0.1, -0.05) is 18.2 Å². The monoisotopic (exact) mass is 362 g/mol. The lowest BCUT2D eigenvalue weighted by atomic mass is 9.94. The molecule has 2 aromatic rings. The molecule has 1 aliphatic carbocycles. The van der Waals surface area contributed by atoms with E-state index in [9.17, 15) is 13.2 Å². The van der Waals surface area contributed by atoms with Crippen molar-refractivity contribution in [2.45, 2.75) is 36.7 Å². The zero-order chi connectivity index (χ0) is 18.0. The van der Waals surface area contributed by atoms with Crippen molar-refractivity contribution < 1.29 is 13.2 Å². The Labute approximate surface area is 147 Å². The van der Waals surface area contributed by atoms with Crippen LogP contribution in [0.25, 0.3) is 0 Å². The summed E-state index contributed by atoms with van der Waals surface area (Å²) in [5.41, 5.74) is 1.72. The maximum Gasteiger partial charge on any atom is 0.243 e. The smallest absolute Gasteiger partial charge is 0.243 e. The van der Waals surface area contributed by atoms with Crippen LogP contribution in [0.2, 0.25) is 0 Å². The molecule has 1 atom stereocenters. The molecule has 0 saturated carbocycles. The van der Waals surface area contributed by atoms with E-state index in [-0.39, 0.29) is 23.4 Å². The maximum absolute atomic E-state index is 12.6. The number of amides is 1. The SMILES string of the molecule is CN(C)C(=O)Cn1cc2c(n1)C(NS(=O)(=O)c1ccccc1)CCC2. The molecule has 1 aromatic heterocycles. The van der Waals surface area contributed by atoms with E-state index in [1.807, 2.05) is 6.20 Å². The van der Waals surface area contributed by atoms with Crippen molar-refractivity contribution in [2.75, 3.05) is 14.1 Å². The van der Waals surface area contributed by atoms with Crippen LogP contribution in [0.4, 0.5) is 0 Å². The van der Waals surface area contributed by atoms with E-state index in [0.717, 1.165) is 24.1 Å². The highest BCUT2D eigenvalue weighted by Crippen LogP contribution is 2.30. The summed E-state index contributed by atoms with van der Waals surface area (Å²) in [6.07, 6.45) is 4.26. The Kier molecular flexibility index (Phi) is 4.91. The Morgan fingerprint density at radius 3 is 2.72 bits per heavy atom. The third-order valence-corrected chi connectivity index (χ3v) is 5.77. The molecular weight excluding hydrogens is 340 g/mol. The average molecular weight is 362 g/mol. The van der Waals surface area contributed by atoms with Gasteiger partial charge >= 0.3 is 0 Å². The maximum atomic E-state index is 12.6. The molecule has 0 radical (unpaired) electrons. The van der Waals surface area contributed by atoms with Gasteiger partial charge in [0.15, 0.2) is 0 Å². The lowest BCUT2D eigenvalue weighted by Gasteiger charge is -2.22. The van der Waals surface area contributed by atoms with Crippen molar-refractivity contribution >= 4 is 15.9 Å². The van der Waals surface area contributed by atoms with Crippen LogP contribution in [0.1, 0.15) is 30.1 Å². The van der Waals surface area contributed by atoms with Gasteiger partial charge in [-0.3, -0.25) is 9.48 Å². The molecule has 1 N–H and O–H groups in total. The van der Waals surface area contributed by atoms with Gasteiger partial charge in [0.1, 0.15) is 6.54 Å². The molecule has 7 nitrogen and oxygen atoms in total. The highest BCUT2D eigenvalue weighted by Gasteiger charge is 2.28. The summed E-state index contributed by atoms with van der Waals surface area (Å²) >= 11 is 0. The van der Waals surface area contributed by atoms with Gasteiger partial charge in [-0.25, -0.2) is 13.1 Å². The Hall–Kier alpha value is -2.19. The van der Waals surface area contributed by atoms with Crippen molar-refractivity contribution in [1.82, 2.24) is 19.4 Å². The summed E-state index contributed by atoms with van der Waals surface area (Å²) < 4.78 is 29.5. The second-order valence-corrected chi connectivity index (χ2v) is 8.12. The molecule has 1 aliphatic rings. The summed E-state index contributed by atoms with van der Waals surface area (Å²) in [7, 11) is -0.210. The first-order valence-corrected chi connectivity index (χ1v) is 9.69. The predicted octanol–water partition coefficient (Wildman–Crippen LogP) is 1.33. The van der Waals surface area contributed by atoms with E-state index in [1.54, 1.807) is 49.1 Å². The molecule has 25 heavy (non-hydrogen) atoms. The lowest BCUT2D eigenvalue weighted by Crippen LogP contribution is -2.31. The van der Waals surface area contributed by atoms with E-state index < -0.39 is 10.0 Å². The molecule has 1 aromatic carbocycles. The largest absolute Gasteiger partial charge is 0.347 e. The second-order valence-electron chi connectivity index (χ2n) is 6.40. The number of aryl methyl sites for hydroxylation is 1. The van der Waals surface area contributed by atoms with E-state index >= 15 is 0 Å². The fourth-order valence-electron chi connectivity index (χ4n) is 2.93. The van der Waals surface area contributed by atoms with Gasteiger partial charge < -0.3 is 4.90 Å². The molecule has 0 spiro atoms. The number of nitrogens with one attached hydrogen (secondary N) is 1. The van der Waals surface area contributed by atoms with Gasteiger partial charge in [-0.15, -0.1) is 0 Å². The summed E-state index contributed by atoms with van der Waals surface area (Å²) in [5.74, 6) is -0.0544. The third-order valence-electron chi connectivity index (χ3n) is 4.29.